The SMILES string of the molecule is CC1(C)CCN(C2CCC(N)C2)C1. The summed E-state index contributed by atoms with van der Waals surface area (Å²) < 4.78 is 0. The van der Waals surface area contributed by atoms with Crippen LogP contribution in [0.15, 0.2) is 0 Å². The van der Waals surface area contributed by atoms with Gasteiger partial charge < -0.3 is 5.73 Å². The average Bonchev–Trinajstić information content (AvgIpc) is 2.56. The first-order chi connectivity index (χ1) is 6.07. The van der Waals surface area contributed by atoms with E-state index < -0.39 is 0 Å². The van der Waals surface area contributed by atoms with E-state index in [1.165, 1.54) is 38.8 Å². The Bertz CT molecular complexity index is 189. The number of nitrogens with two attached hydrogens (primary N) is 1. The molecule has 0 bridgehead atoms. The van der Waals surface area contributed by atoms with E-state index in [9.17, 15) is 0 Å². The summed E-state index contributed by atoms with van der Waals surface area (Å²) in [4.78, 5) is 2.66. The highest BCUT2D eigenvalue weighted by Crippen LogP contribution is 2.34. The van der Waals surface area contributed by atoms with Gasteiger partial charge in [-0.2, -0.15) is 0 Å². The lowest BCUT2D eigenvalue weighted by molar-refractivity contribution is 0.218. The summed E-state index contributed by atoms with van der Waals surface area (Å²) >= 11 is 0. The fourth-order valence-corrected chi connectivity index (χ4v) is 2.79. The Hall–Kier alpha value is -0.0800. The molecule has 1 heterocycles. The topological polar surface area (TPSA) is 29.3 Å². The van der Waals surface area contributed by atoms with Gasteiger partial charge in [0.25, 0.3) is 0 Å². The van der Waals surface area contributed by atoms with Crippen molar-refractivity contribution < 1.29 is 0 Å². The van der Waals surface area contributed by atoms with Crippen molar-refractivity contribution in [3.8, 4) is 0 Å². The summed E-state index contributed by atoms with van der Waals surface area (Å²) in [5.74, 6) is 0. The Morgan fingerprint density at radius 3 is 2.54 bits per heavy atom. The lowest BCUT2D eigenvalue weighted by Crippen LogP contribution is -2.33. The smallest absolute Gasteiger partial charge is 0.0111 e. The molecule has 2 atom stereocenters. The Labute approximate surface area is 81.5 Å². The molecule has 1 aliphatic carbocycles. The number of nitrogens with zero attached hydrogens (tertiary/aromatic N) is 1. The first-order valence-corrected chi connectivity index (χ1v) is 5.56. The fraction of sp³-hybridized carbons (Fsp3) is 1.00. The molecule has 1 aliphatic heterocycles. The standard InChI is InChI=1S/C11H22N2/c1-11(2)5-6-13(8-11)10-4-3-9(12)7-10/h9-10H,3-8,12H2,1-2H3. The van der Waals surface area contributed by atoms with Crippen LogP contribution in [0.1, 0.15) is 39.5 Å². The Morgan fingerprint density at radius 1 is 1.31 bits per heavy atom. The van der Waals surface area contributed by atoms with Crippen LogP contribution in [0.4, 0.5) is 0 Å². The highest BCUT2D eigenvalue weighted by molar-refractivity contribution is 4.91. The monoisotopic (exact) mass is 182 g/mol. The minimum Gasteiger partial charge on any atom is -0.328 e. The van der Waals surface area contributed by atoms with Gasteiger partial charge in [-0.25, -0.2) is 0 Å². The molecule has 2 nitrogen and oxygen atoms in total. The van der Waals surface area contributed by atoms with E-state index in [4.69, 9.17) is 5.73 Å². The van der Waals surface area contributed by atoms with Crippen LogP contribution in [-0.2, 0) is 0 Å². The molecule has 1 saturated carbocycles. The molecular weight excluding hydrogens is 160 g/mol. The molecule has 0 aromatic rings. The molecule has 0 amide bonds. The van der Waals surface area contributed by atoms with Gasteiger partial charge in [-0.1, -0.05) is 13.8 Å². The van der Waals surface area contributed by atoms with Crippen LogP contribution >= 0.6 is 0 Å². The first kappa shape index (κ1) is 9.47. The van der Waals surface area contributed by atoms with E-state index in [1.54, 1.807) is 0 Å². The summed E-state index contributed by atoms with van der Waals surface area (Å²) in [6.45, 7) is 7.33. The molecular formula is C11H22N2. The molecule has 0 aromatic heterocycles. The second-order valence-corrected chi connectivity index (χ2v) is 5.61. The Balaban J connectivity index is 1.89. The van der Waals surface area contributed by atoms with Crippen molar-refractivity contribution in [3.63, 3.8) is 0 Å². The molecule has 0 spiro atoms. The van der Waals surface area contributed by atoms with Gasteiger partial charge in [0.1, 0.15) is 0 Å². The summed E-state index contributed by atoms with van der Waals surface area (Å²) in [5, 5.41) is 0. The summed E-state index contributed by atoms with van der Waals surface area (Å²) in [6, 6.07) is 1.28. The lowest BCUT2D eigenvalue weighted by atomic mass is 9.93. The zero-order chi connectivity index (χ0) is 9.47. The van der Waals surface area contributed by atoms with E-state index >= 15 is 0 Å². The summed E-state index contributed by atoms with van der Waals surface area (Å²) in [7, 11) is 0. The maximum absolute atomic E-state index is 5.93. The van der Waals surface area contributed by atoms with E-state index in [0.717, 1.165) is 6.04 Å². The molecule has 2 fully saturated rings. The minimum absolute atomic E-state index is 0.480. The first-order valence-electron chi connectivity index (χ1n) is 5.56. The van der Waals surface area contributed by atoms with Gasteiger partial charge in [0.05, 0.1) is 0 Å². The number of hydrogen-bond acceptors (Lipinski definition) is 2. The molecule has 2 aliphatic rings. The predicted octanol–water partition coefficient (Wildman–Crippen LogP) is 1.60. The molecule has 2 unspecified atom stereocenters. The van der Waals surface area contributed by atoms with Crippen molar-refractivity contribution in [3.05, 3.63) is 0 Å². The molecule has 2 heteroatoms. The molecule has 13 heavy (non-hydrogen) atoms. The molecule has 2 rings (SSSR count). The third-order valence-electron chi connectivity index (χ3n) is 3.67. The van der Waals surface area contributed by atoms with Gasteiger partial charge in [0, 0.05) is 18.6 Å². The molecule has 0 radical (unpaired) electrons. The van der Waals surface area contributed by atoms with E-state index in [2.05, 4.69) is 18.7 Å². The van der Waals surface area contributed by atoms with Gasteiger partial charge in [-0.15, -0.1) is 0 Å². The molecule has 76 valence electrons. The Morgan fingerprint density at radius 2 is 2.08 bits per heavy atom. The zero-order valence-corrected chi connectivity index (χ0v) is 8.92. The van der Waals surface area contributed by atoms with Crippen molar-refractivity contribution in [1.82, 2.24) is 4.90 Å². The van der Waals surface area contributed by atoms with Crippen LogP contribution in [0.25, 0.3) is 0 Å². The van der Waals surface area contributed by atoms with Crippen LogP contribution in [-0.4, -0.2) is 30.1 Å². The van der Waals surface area contributed by atoms with Gasteiger partial charge in [-0.05, 0) is 37.6 Å². The number of hydrogen-bond donors (Lipinski definition) is 1. The van der Waals surface area contributed by atoms with Crippen LogP contribution in [0, 0.1) is 5.41 Å². The zero-order valence-electron chi connectivity index (χ0n) is 8.92. The lowest BCUT2D eigenvalue weighted by Gasteiger charge is -2.25. The van der Waals surface area contributed by atoms with Crippen LogP contribution in [0.3, 0.4) is 0 Å². The van der Waals surface area contributed by atoms with Gasteiger partial charge >= 0.3 is 0 Å². The van der Waals surface area contributed by atoms with E-state index in [1.807, 2.05) is 0 Å². The fourth-order valence-electron chi connectivity index (χ4n) is 2.79. The molecule has 2 N–H and O–H groups in total. The quantitative estimate of drug-likeness (QED) is 0.667. The highest BCUT2D eigenvalue weighted by atomic mass is 15.2. The third-order valence-corrected chi connectivity index (χ3v) is 3.67. The van der Waals surface area contributed by atoms with Crippen LogP contribution in [0.2, 0.25) is 0 Å². The van der Waals surface area contributed by atoms with Crippen LogP contribution in [0.5, 0.6) is 0 Å². The second kappa shape index (κ2) is 3.25. The number of rotatable bonds is 1. The summed E-state index contributed by atoms with van der Waals surface area (Å²) in [6.07, 6.45) is 5.16. The normalized spacial score (nSPS) is 39.9. The van der Waals surface area contributed by atoms with Crippen molar-refractivity contribution in [2.75, 3.05) is 13.1 Å². The van der Waals surface area contributed by atoms with E-state index in [-0.39, 0.29) is 0 Å². The van der Waals surface area contributed by atoms with Crippen molar-refractivity contribution in [2.45, 2.75) is 51.6 Å². The average molecular weight is 182 g/mol. The Kier molecular flexibility index (Phi) is 2.37. The summed E-state index contributed by atoms with van der Waals surface area (Å²) in [5.41, 5.74) is 6.48. The third kappa shape index (κ3) is 2.05. The second-order valence-electron chi connectivity index (χ2n) is 5.61. The van der Waals surface area contributed by atoms with Crippen molar-refractivity contribution in [1.29, 1.82) is 0 Å². The maximum Gasteiger partial charge on any atom is 0.0111 e. The van der Waals surface area contributed by atoms with Crippen molar-refractivity contribution in [2.24, 2.45) is 11.1 Å². The minimum atomic E-state index is 0.480. The van der Waals surface area contributed by atoms with E-state index in [0.29, 0.717) is 11.5 Å². The highest BCUT2D eigenvalue weighted by Gasteiger charge is 2.35. The maximum atomic E-state index is 5.93. The van der Waals surface area contributed by atoms with Crippen LogP contribution < -0.4 is 5.73 Å². The number of likely N-dealkylation sites (tertiary alicyclic amines) is 1. The molecule has 0 aromatic carbocycles. The van der Waals surface area contributed by atoms with Gasteiger partial charge in [0.15, 0.2) is 0 Å². The van der Waals surface area contributed by atoms with Crippen molar-refractivity contribution >= 4 is 0 Å². The largest absolute Gasteiger partial charge is 0.328 e. The predicted molar refractivity (Wildman–Crippen MR) is 55.6 cm³/mol. The molecule has 1 saturated heterocycles. The van der Waals surface area contributed by atoms with Gasteiger partial charge in [-0.3, -0.25) is 4.90 Å². The van der Waals surface area contributed by atoms with Gasteiger partial charge in [0.2, 0.25) is 0 Å².